The van der Waals surface area contributed by atoms with Gasteiger partial charge in [-0.15, -0.1) is 0 Å². The zero-order valence-electron chi connectivity index (χ0n) is 18.0. The summed E-state index contributed by atoms with van der Waals surface area (Å²) in [6.45, 7) is 4.56. The van der Waals surface area contributed by atoms with Crippen LogP contribution in [-0.4, -0.2) is 68.3 Å². The molecule has 0 atom stereocenters. The largest absolute Gasteiger partial charge is 0.492 e. The molecular weight excluding hydrogens is 414 g/mol. The van der Waals surface area contributed by atoms with Gasteiger partial charge in [-0.25, -0.2) is 0 Å². The average molecular weight is 441 g/mol. The van der Waals surface area contributed by atoms with E-state index in [0.717, 1.165) is 25.7 Å². The highest BCUT2D eigenvalue weighted by molar-refractivity contribution is 5.97. The lowest BCUT2D eigenvalue weighted by molar-refractivity contribution is -0.129. The molecule has 2 amide bonds. The molecule has 170 valence electrons. The van der Waals surface area contributed by atoms with E-state index in [9.17, 15) is 19.5 Å². The number of ether oxygens (including phenoxy) is 1. The Kier molecular flexibility index (Phi) is 5.04. The highest BCUT2D eigenvalue weighted by Gasteiger charge is 2.39. The molecule has 0 radical (unpaired) electrons. The van der Waals surface area contributed by atoms with Crippen molar-refractivity contribution >= 4 is 23.5 Å². The number of nitrogens with one attached hydrogen (secondary N) is 1. The van der Waals surface area contributed by atoms with Crippen LogP contribution < -0.4 is 10.9 Å². The maximum absolute atomic E-state index is 13.4. The van der Waals surface area contributed by atoms with E-state index in [2.05, 4.69) is 17.3 Å². The molecule has 10 nitrogen and oxygen atoms in total. The van der Waals surface area contributed by atoms with Crippen molar-refractivity contribution in [2.75, 3.05) is 26.3 Å². The SMILES string of the molecule is CC1(Cn2c(=O)c(C(=O)NC3CC3)c(O)n3ncc(C=CC(=O)N4CCOCC4)c23)CC1. The van der Waals surface area contributed by atoms with Gasteiger partial charge in [0, 0.05) is 37.3 Å². The number of amides is 2. The van der Waals surface area contributed by atoms with E-state index >= 15 is 0 Å². The first-order valence-corrected chi connectivity index (χ1v) is 11.1. The molecule has 3 aliphatic rings. The summed E-state index contributed by atoms with van der Waals surface area (Å²) in [5.74, 6) is -1.22. The Hall–Kier alpha value is -3.14. The predicted octanol–water partition coefficient (Wildman–Crippen LogP) is 0.766. The molecule has 5 rings (SSSR count). The smallest absolute Gasteiger partial charge is 0.270 e. The number of carbonyl (C=O) groups is 2. The van der Waals surface area contributed by atoms with Gasteiger partial charge in [0.1, 0.15) is 5.65 Å². The van der Waals surface area contributed by atoms with Crippen molar-refractivity contribution < 1.29 is 19.4 Å². The van der Waals surface area contributed by atoms with Gasteiger partial charge in [-0.1, -0.05) is 6.92 Å². The van der Waals surface area contributed by atoms with E-state index in [-0.39, 0.29) is 22.9 Å². The highest BCUT2D eigenvalue weighted by Crippen LogP contribution is 2.46. The number of hydrogen-bond donors (Lipinski definition) is 2. The van der Waals surface area contributed by atoms with Crippen LogP contribution in [0.5, 0.6) is 5.88 Å². The molecule has 3 heterocycles. The van der Waals surface area contributed by atoms with Gasteiger partial charge in [-0.2, -0.15) is 9.61 Å². The first-order valence-electron chi connectivity index (χ1n) is 11.1. The molecule has 2 aromatic rings. The van der Waals surface area contributed by atoms with E-state index in [4.69, 9.17) is 4.74 Å². The molecular formula is C22H27N5O5. The van der Waals surface area contributed by atoms with E-state index in [1.807, 2.05) is 0 Å². The first kappa shape index (κ1) is 20.7. The third kappa shape index (κ3) is 3.90. The minimum Gasteiger partial charge on any atom is -0.492 e. The zero-order valence-corrected chi connectivity index (χ0v) is 18.0. The van der Waals surface area contributed by atoms with E-state index in [1.165, 1.54) is 21.4 Å². The molecule has 32 heavy (non-hydrogen) atoms. The van der Waals surface area contributed by atoms with Gasteiger partial charge in [-0.05, 0) is 37.2 Å². The predicted molar refractivity (Wildman–Crippen MR) is 115 cm³/mol. The van der Waals surface area contributed by atoms with Gasteiger partial charge in [0.15, 0.2) is 5.56 Å². The molecule has 2 N–H and O–H groups in total. The Morgan fingerprint density at radius 2 is 2.03 bits per heavy atom. The lowest BCUT2D eigenvalue weighted by Crippen LogP contribution is -2.39. The molecule has 2 aliphatic carbocycles. The fourth-order valence-electron chi connectivity index (χ4n) is 3.96. The molecule has 0 aromatic carbocycles. The van der Waals surface area contributed by atoms with Gasteiger partial charge >= 0.3 is 0 Å². The normalized spacial score (nSPS) is 20.1. The number of morpholine rings is 1. The number of aromatic nitrogens is 3. The first-order chi connectivity index (χ1) is 15.4. The monoisotopic (exact) mass is 441 g/mol. The molecule has 10 heteroatoms. The quantitative estimate of drug-likeness (QED) is 0.639. The summed E-state index contributed by atoms with van der Waals surface area (Å²) in [5.41, 5.74) is 0.0140. The van der Waals surface area contributed by atoms with Crippen molar-refractivity contribution in [3.63, 3.8) is 0 Å². The van der Waals surface area contributed by atoms with Gasteiger partial charge in [0.2, 0.25) is 11.8 Å². The van der Waals surface area contributed by atoms with Crippen molar-refractivity contribution in [3.8, 4) is 5.88 Å². The summed E-state index contributed by atoms with van der Waals surface area (Å²) in [7, 11) is 0. The van der Waals surface area contributed by atoms with Crippen LogP contribution >= 0.6 is 0 Å². The molecule has 2 saturated carbocycles. The average Bonchev–Trinajstić information content (AvgIpc) is 3.69. The topological polar surface area (TPSA) is 118 Å². The number of rotatable bonds is 6. The Morgan fingerprint density at radius 1 is 1.31 bits per heavy atom. The zero-order chi connectivity index (χ0) is 22.5. The van der Waals surface area contributed by atoms with Crippen LogP contribution in [0.15, 0.2) is 17.1 Å². The number of carbonyl (C=O) groups excluding carboxylic acids is 2. The number of hydrogen-bond acceptors (Lipinski definition) is 6. The standard InChI is InChI=1S/C22H27N5O5/c1-22(6-7-22)13-26-19-14(2-5-16(28)25-8-10-32-11-9-25)12-23-27(19)21(31)17(20(26)30)18(29)24-15-3-4-15/h2,5,12,15,31H,3-4,6-11,13H2,1H3,(H,24,29). The maximum Gasteiger partial charge on any atom is 0.270 e. The second-order valence-corrected chi connectivity index (χ2v) is 9.25. The van der Waals surface area contributed by atoms with Gasteiger partial charge in [0.25, 0.3) is 11.5 Å². The minimum atomic E-state index is -0.582. The Balaban J connectivity index is 1.56. The summed E-state index contributed by atoms with van der Waals surface area (Å²) < 4.78 is 8.01. The maximum atomic E-state index is 13.4. The van der Waals surface area contributed by atoms with Crippen LogP contribution in [0.2, 0.25) is 0 Å². The van der Waals surface area contributed by atoms with Crippen molar-refractivity contribution in [1.29, 1.82) is 0 Å². The summed E-state index contributed by atoms with van der Waals surface area (Å²) >= 11 is 0. The van der Waals surface area contributed by atoms with E-state index < -0.39 is 17.3 Å². The second kappa shape index (κ2) is 7.77. The van der Waals surface area contributed by atoms with Crippen molar-refractivity contribution in [1.82, 2.24) is 24.4 Å². The molecule has 2 aromatic heterocycles. The van der Waals surface area contributed by atoms with Gasteiger partial charge < -0.3 is 20.1 Å². The van der Waals surface area contributed by atoms with Gasteiger partial charge in [0.05, 0.1) is 19.4 Å². The number of aromatic hydroxyl groups is 1. The summed E-state index contributed by atoms with van der Waals surface area (Å²) in [5, 5.41) is 17.8. The highest BCUT2D eigenvalue weighted by atomic mass is 16.5. The minimum absolute atomic E-state index is 0.0413. The van der Waals surface area contributed by atoms with E-state index in [0.29, 0.717) is 44.1 Å². The molecule has 1 saturated heterocycles. The van der Waals surface area contributed by atoms with E-state index in [1.54, 1.807) is 11.0 Å². The van der Waals surface area contributed by atoms with Crippen LogP contribution in [-0.2, 0) is 16.1 Å². The van der Waals surface area contributed by atoms with Crippen molar-refractivity contribution in [2.45, 2.75) is 45.2 Å². The Morgan fingerprint density at radius 3 is 2.69 bits per heavy atom. The Bertz CT molecular complexity index is 1170. The summed E-state index contributed by atoms with van der Waals surface area (Å²) in [6.07, 6.45) is 8.24. The molecule has 0 spiro atoms. The fourth-order valence-corrected chi connectivity index (χ4v) is 3.96. The van der Waals surface area contributed by atoms with Crippen molar-refractivity contribution in [2.24, 2.45) is 5.41 Å². The van der Waals surface area contributed by atoms with Crippen LogP contribution in [0, 0.1) is 5.41 Å². The fraction of sp³-hybridized carbons (Fsp3) is 0.545. The second-order valence-electron chi connectivity index (χ2n) is 9.25. The Labute approximate surface area is 184 Å². The molecule has 1 aliphatic heterocycles. The lowest BCUT2D eigenvalue weighted by atomic mass is 10.1. The number of nitrogens with zero attached hydrogens (tertiary/aromatic N) is 4. The third-order valence-corrected chi connectivity index (χ3v) is 6.42. The summed E-state index contributed by atoms with van der Waals surface area (Å²) in [4.78, 5) is 40.3. The third-order valence-electron chi connectivity index (χ3n) is 6.42. The molecule has 3 fully saturated rings. The lowest BCUT2D eigenvalue weighted by Gasteiger charge is -2.25. The van der Waals surface area contributed by atoms with Crippen LogP contribution in [0.4, 0.5) is 0 Å². The van der Waals surface area contributed by atoms with Gasteiger partial charge in [-0.3, -0.25) is 19.0 Å². The molecule has 0 unspecified atom stereocenters. The van der Waals surface area contributed by atoms with Crippen LogP contribution in [0.25, 0.3) is 11.7 Å². The number of fused-ring (bicyclic) bond motifs is 1. The van der Waals surface area contributed by atoms with Crippen molar-refractivity contribution in [3.05, 3.63) is 33.8 Å². The van der Waals surface area contributed by atoms with Crippen LogP contribution in [0.1, 0.15) is 48.5 Å². The van der Waals surface area contributed by atoms with Crippen LogP contribution in [0.3, 0.4) is 0 Å². The molecule has 0 bridgehead atoms. The summed E-state index contributed by atoms with van der Waals surface area (Å²) in [6, 6.07) is 0.0497.